The van der Waals surface area contributed by atoms with E-state index in [-0.39, 0.29) is 0 Å². The van der Waals surface area contributed by atoms with Crippen LogP contribution >= 0.6 is 27.5 Å². The van der Waals surface area contributed by atoms with E-state index in [4.69, 9.17) is 17.3 Å². The van der Waals surface area contributed by atoms with Gasteiger partial charge >= 0.3 is 0 Å². The summed E-state index contributed by atoms with van der Waals surface area (Å²) in [5, 5.41) is 4.74. The highest BCUT2D eigenvalue weighted by Gasteiger charge is 2.10. The second-order valence-corrected chi connectivity index (χ2v) is 5.79. The molecule has 0 saturated heterocycles. The average Bonchev–Trinajstić information content (AvgIpc) is 2.88. The molecule has 0 amide bonds. The number of rotatable bonds is 2. The molecule has 3 rings (SSSR count). The zero-order valence-corrected chi connectivity index (χ0v) is 13.4. The minimum atomic E-state index is 0.401. The number of halogens is 2. The molecule has 0 fully saturated rings. The minimum Gasteiger partial charge on any atom is -0.384 e. The van der Waals surface area contributed by atoms with E-state index in [1.807, 2.05) is 25.4 Å². The normalized spacial score (nSPS) is 10.8. The Morgan fingerprint density at radius 2 is 2.00 bits per heavy atom. The van der Waals surface area contributed by atoms with Crippen LogP contribution in [0, 0.1) is 0 Å². The van der Waals surface area contributed by atoms with Crippen LogP contribution in [0.25, 0.3) is 22.6 Å². The summed E-state index contributed by atoms with van der Waals surface area (Å²) in [5.41, 5.74) is 8.31. The second-order valence-electron chi connectivity index (χ2n) is 4.53. The first-order chi connectivity index (χ1) is 10.0. The molecule has 5 nitrogen and oxygen atoms in total. The lowest BCUT2D eigenvalue weighted by Crippen LogP contribution is -1.97. The van der Waals surface area contributed by atoms with Crippen LogP contribution in [0.5, 0.6) is 0 Å². The molecule has 7 heteroatoms. The van der Waals surface area contributed by atoms with Crippen molar-refractivity contribution in [2.24, 2.45) is 7.05 Å². The fraction of sp³-hybridized carbons (Fsp3) is 0.0714. The van der Waals surface area contributed by atoms with E-state index >= 15 is 0 Å². The maximum Gasteiger partial charge on any atom is 0.162 e. The van der Waals surface area contributed by atoms with Gasteiger partial charge in [0, 0.05) is 34.9 Å². The maximum absolute atomic E-state index is 6.12. The molecule has 0 radical (unpaired) electrons. The first kappa shape index (κ1) is 14.0. The van der Waals surface area contributed by atoms with Gasteiger partial charge in [0.1, 0.15) is 5.82 Å². The quantitative estimate of drug-likeness (QED) is 0.755. The summed E-state index contributed by atoms with van der Waals surface area (Å²) in [4.78, 5) is 8.81. The van der Waals surface area contributed by atoms with Crippen LogP contribution in [-0.4, -0.2) is 19.7 Å². The third-order valence-corrected chi connectivity index (χ3v) is 4.16. The first-order valence-electron chi connectivity index (χ1n) is 6.12. The van der Waals surface area contributed by atoms with Crippen LogP contribution < -0.4 is 5.73 Å². The van der Waals surface area contributed by atoms with E-state index in [0.717, 1.165) is 21.3 Å². The fourth-order valence-corrected chi connectivity index (χ4v) is 2.36. The molecule has 0 aliphatic rings. The van der Waals surface area contributed by atoms with E-state index in [2.05, 4.69) is 31.0 Å². The highest BCUT2D eigenvalue weighted by molar-refractivity contribution is 9.10. The average molecular weight is 365 g/mol. The topological polar surface area (TPSA) is 69.6 Å². The Morgan fingerprint density at radius 3 is 2.67 bits per heavy atom. The molecule has 2 heterocycles. The monoisotopic (exact) mass is 363 g/mol. The number of nitrogens with two attached hydrogens (primary N) is 1. The van der Waals surface area contributed by atoms with E-state index in [1.54, 1.807) is 23.0 Å². The first-order valence-corrected chi connectivity index (χ1v) is 7.29. The van der Waals surface area contributed by atoms with Gasteiger partial charge in [0.25, 0.3) is 0 Å². The van der Waals surface area contributed by atoms with Crippen LogP contribution in [-0.2, 0) is 7.05 Å². The predicted molar refractivity (Wildman–Crippen MR) is 86.8 cm³/mol. The van der Waals surface area contributed by atoms with Crippen molar-refractivity contribution >= 4 is 33.3 Å². The van der Waals surface area contributed by atoms with Crippen molar-refractivity contribution in [2.75, 3.05) is 5.73 Å². The van der Waals surface area contributed by atoms with Crippen molar-refractivity contribution in [1.29, 1.82) is 0 Å². The van der Waals surface area contributed by atoms with Crippen molar-refractivity contribution in [2.45, 2.75) is 0 Å². The zero-order valence-electron chi connectivity index (χ0n) is 11.1. The summed E-state index contributed by atoms with van der Waals surface area (Å²) < 4.78 is 2.54. The highest BCUT2D eigenvalue weighted by atomic mass is 79.9. The molecule has 3 aromatic rings. The molecule has 0 atom stereocenters. The highest BCUT2D eigenvalue weighted by Crippen LogP contribution is 2.29. The lowest BCUT2D eigenvalue weighted by molar-refractivity contribution is 0.768. The zero-order chi connectivity index (χ0) is 15.0. The summed E-state index contributed by atoms with van der Waals surface area (Å²) >= 11 is 9.48. The van der Waals surface area contributed by atoms with Gasteiger partial charge in [0.2, 0.25) is 0 Å². The van der Waals surface area contributed by atoms with Gasteiger partial charge < -0.3 is 5.73 Å². The van der Waals surface area contributed by atoms with Crippen molar-refractivity contribution in [1.82, 2.24) is 19.7 Å². The smallest absolute Gasteiger partial charge is 0.162 e. The Labute approximate surface area is 134 Å². The molecule has 2 aromatic heterocycles. The third kappa shape index (κ3) is 2.91. The second kappa shape index (κ2) is 5.46. The summed E-state index contributed by atoms with van der Waals surface area (Å²) in [6, 6.07) is 7.26. The summed E-state index contributed by atoms with van der Waals surface area (Å²) in [6.07, 6.45) is 3.61. The molecule has 0 aliphatic heterocycles. The molecule has 21 heavy (non-hydrogen) atoms. The van der Waals surface area contributed by atoms with Crippen molar-refractivity contribution in [3.8, 4) is 22.6 Å². The van der Waals surface area contributed by atoms with Crippen LogP contribution in [0.15, 0.2) is 41.1 Å². The number of benzene rings is 1. The van der Waals surface area contributed by atoms with E-state index < -0.39 is 0 Å². The van der Waals surface area contributed by atoms with E-state index in [1.165, 1.54) is 0 Å². The molecule has 0 unspecified atom stereocenters. The molecule has 1 aromatic carbocycles. The minimum absolute atomic E-state index is 0.401. The van der Waals surface area contributed by atoms with Gasteiger partial charge in [-0.3, -0.25) is 4.68 Å². The van der Waals surface area contributed by atoms with Gasteiger partial charge in [0.05, 0.1) is 16.9 Å². The number of hydrogen-bond acceptors (Lipinski definition) is 4. The number of aromatic nitrogens is 4. The van der Waals surface area contributed by atoms with E-state index in [9.17, 15) is 0 Å². The van der Waals surface area contributed by atoms with Crippen LogP contribution in [0.4, 0.5) is 5.82 Å². The summed E-state index contributed by atoms with van der Waals surface area (Å²) in [5.74, 6) is 0.932. The Bertz CT molecular complexity index is 815. The van der Waals surface area contributed by atoms with Gasteiger partial charge in [-0.1, -0.05) is 11.6 Å². The number of nitrogen functional groups attached to an aromatic ring is 1. The molecule has 0 bridgehead atoms. The van der Waals surface area contributed by atoms with Crippen LogP contribution in [0.1, 0.15) is 0 Å². The van der Waals surface area contributed by atoms with Crippen LogP contribution in [0.2, 0.25) is 5.02 Å². The van der Waals surface area contributed by atoms with Crippen LogP contribution in [0.3, 0.4) is 0 Å². The Hall–Kier alpha value is -1.92. The van der Waals surface area contributed by atoms with Crippen molar-refractivity contribution in [3.05, 3.63) is 46.2 Å². The molecule has 0 spiro atoms. The van der Waals surface area contributed by atoms with Gasteiger partial charge in [-0.15, -0.1) is 0 Å². The fourth-order valence-electron chi connectivity index (χ4n) is 1.93. The van der Waals surface area contributed by atoms with Gasteiger partial charge in [-0.05, 0) is 34.1 Å². The lowest BCUT2D eigenvalue weighted by Gasteiger charge is -2.06. The predicted octanol–water partition coefficient (Wildman–Crippen LogP) is 3.54. The molecule has 106 valence electrons. The van der Waals surface area contributed by atoms with Crippen molar-refractivity contribution < 1.29 is 0 Å². The van der Waals surface area contributed by atoms with Gasteiger partial charge in [0.15, 0.2) is 5.82 Å². The van der Waals surface area contributed by atoms with Crippen molar-refractivity contribution in [3.63, 3.8) is 0 Å². The summed E-state index contributed by atoms with van der Waals surface area (Å²) in [7, 11) is 1.85. The number of hydrogen-bond donors (Lipinski definition) is 1. The number of nitrogens with zero attached hydrogens (tertiary/aromatic N) is 4. The molecule has 0 saturated carbocycles. The Morgan fingerprint density at radius 1 is 1.19 bits per heavy atom. The maximum atomic E-state index is 6.12. The van der Waals surface area contributed by atoms with E-state index in [0.29, 0.717) is 16.7 Å². The molecule has 0 aliphatic carbocycles. The Balaban J connectivity index is 2.11. The third-order valence-electron chi connectivity index (χ3n) is 2.92. The summed E-state index contributed by atoms with van der Waals surface area (Å²) in [6.45, 7) is 0. The molecule has 2 N–H and O–H groups in total. The lowest BCUT2D eigenvalue weighted by atomic mass is 10.2. The Kier molecular flexibility index (Phi) is 3.65. The van der Waals surface area contributed by atoms with Gasteiger partial charge in [-0.25, -0.2) is 9.97 Å². The largest absolute Gasteiger partial charge is 0.384 e. The number of anilines is 1. The SMILES string of the molecule is Cn1cc(-c2cc(N)nc(-c3ccc(Br)c(Cl)c3)n2)cn1. The number of aryl methyl sites for hydroxylation is 1. The van der Waals surface area contributed by atoms with Gasteiger partial charge in [-0.2, -0.15) is 5.10 Å². The standard InChI is InChI=1S/C14H11BrClN5/c1-21-7-9(6-18-21)12-5-13(17)20-14(19-12)8-2-3-10(15)11(16)4-8/h2-7H,1H3,(H2,17,19,20). The molecular formula is C14H11BrClN5. The molecular weight excluding hydrogens is 354 g/mol.